The van der Waals surface area contributed by atoms with E-state index in [0.717, 1.165) is 0 Å². The average molecular weight is 350 g/mol. The van der Waals surface area contributed by atoms with Crippen molar-refractivity contribution in [2.45, 2.75) is 0 Å². The van der Waals surface area contributed by atoms with Crippen molar-refractivity contribution < 1.29 is 9.53 Å². The average Bonchev–Trinajstić information content (AvgIpc) is 2.40. The first-order chi connectivity index (χ1) is 9.49. The Morgan fingerprint density at radius 1 is 1.00 bits per heavy atom. The molecule has 2 rings (SSSR count). The molecule has 0 fully saturated rings. The van der Waals surface area contributed by atoms with E-state index < -0.39 is 0 Å². The SMILES string of the molecule is O=C(COc1cccc(Cl)c1Cl)c1ccc(Cl)cc1Cl. The highest BCUT2D eigenvalue weighted by Crippen LogP contribution is 2.31. The number of rotatable bonds is 4. The van der Waals surface area contributed by atoms with Gasteiger partial charge in [0.2, 0.25) is 5.78 Å². The maximum atomic E-state index is 12.0. The predicted octanol–water partition coefficient (Wildman–Crippen LogP) is 5.56. The topological polar surface area (TPSA) is 26.3 Å². The summed E-state index contributed by atoms with van der Waals surface area (Å²) in [7, 11) is 0. The molecule has 0 saturated carbocycles. The Balaban J connectivity index is 2.11. The van der Waals surface area contributed by atoms with E-state index >= 15 is 0 Å². The second kappa shape index (κ2) is 6.68. The van der Waals surface area contributed by atoms with E-state index in [9.17, 15) is 4.79 Å². The Bertz CT molecular complexity index is 656. The third kappa shape index (κ3) is 3.58. The van der Waals surface area contributed by atoms with Gasteiger partial charge in [-0.25, -0.2) is 0 Å². The van der Waals surface area contributed by atoms with Gasteiger partial charge in [0.15, 0.2) is 6.61 Å². The summed E-state index contributed by atoms with van der Waals surface area (Å²) in [5, 5.41) is 1.37. The van der Waals surface area contributed by atoms with Gasteiger partial charge in [-0.05, 0) is 30.3 Å². The Hall–Kier alpha value is -0.930. The van der Waals surface area contributed by atoms with Crippen molar-refractivity contribution in [2.75, 3.05) is 6.61 Å². The molecule has 0 unspecified atom stereocenters. The van der Waals surface area contributed by atoms with Gasteiger partial charge in [0.05, 0.1) is 10.0 Å². The monoisotopic (exact) mass is 348 g/mol. The van der Waals surface area contributed by atoms with Crippen molar-refractivity contribution >= 4 is 52.2 Å². The summed E-state index contributed by atoms with van der Waals surface area (Å²) in [4.78, 5) is 12.0. The van der Waals surface area contributed by atoms with Crippen LogP contribution in [0.1, 0.15) is 10.4 Å². The van der Waals surface area contributed by atoms with Crippen molar-refractivity contribution in [1.82, 2.24) is 0 Å². The molecule has 0 bridgehead atoms. The molecule has 0 aliphatic heterocycles. The molecule has 0 aliphatic rings. The third-order valence-electron chi connectivity index (χ3n) is 2.51. The summed E-state index contributed by atoms with van der Waals surface area (Å²) in [6.45, 7) is -0.193. The van der Waals surface area contributed by atoms with Crippen molar-refractivity contribution in [3.63, 3.8) is 0 Å². The van der Waals surface area contributed by atoms with E-state index in [1.165, 1.54) is 6.07 Å². The van der Waals surface area contributed by atoms with E-state index in [0.29, 0.717) is 21.4 Å². The van der Waals surface area contributed by atoms with Crippen molar-refractivity contribution in [3.05, 3.63) is 62.1 Å². The lowest BCUT2D eigenvalue weighted by Gasteiger charge is -2.09. The van der Waals surface area contributed by atoms with Crippen LogP contribution in [0.3, 0.4) is 0 Å². The molecule has 0 atom stereocenters. The molecule has 0 saturated heterocycles. The lowest BCUT2D eigenvalue weighted by molar-refractivity contribution is 0.0922. The van der Waals surface area contributed by atoms with Gasteiger partial charge in [-0.3, -0.25) is 4.79 Å². The van der Waals surface area contributed by atoms with Crippen LogP contribution in [0.2, 0.25) is 20.1 Å². The number of carbonyl (C=O) groups excluding carboxylic acids is 1. The Morgan fingerprint density at radius 3 is 2.45 bits per heavy atom. The zero-order valence-electron chi connectivity index (χ0n) is 10.00. The molecule has 104 valence electrons. The van der Waals surface area contributed by atoms with E-state index in [1.54, 1.807) is 30.3 Å². The first-order valence-corrected chi connectivity index (χ1v) is 7.05. The van der Waals surface area contributed by atoms with Crippen LogP contribution in [-0.4, -0.2) is 12.4 Å². The van der Waals surface area contributed by atoms with E-state index in [1.807, 2.05) is 0 Å². The number of ether oxygens (including phenoxy) is 1. The molecule has 6 heteroatoms. The zero-order valence-corrected chi connectivity index (χ0v) is 13.0. The second-order valence-corrected chi connectivity index (χ2v) is 5.52. The molecule has 0 amide bonds. The summed E-state index contributed by atoms with van der Waals surface area (Å²) in [6, 6.07) is 9.59. The van der Waals surface area contributed by atoms with Crippen LogP contribution in [0.4, 0.5) is 0 Å². The number of Topliss-reactive ketones (excluding diaryl/α,β-unsaturated/α-hetero) is 1. The first-order valence-electron chi connectivity index (χ1n) is 5.54. The van der Waals surface area contributed by atoms with Crippen LogP contribution in [0.25, 0.3) is 0 Å². The van der Waals surface area contributed by atoms with Crippen LogP contribution < -0.4 is 4.74 Å². The lowest BCUT2D eigenvalue weighted by atomic mass is 10.1. The van der Waals surface area contributed by atoms with Crippen LogP contribution in [-0.2, 0) is 0 Å². The molecule has 0 aliphatic carbocycles. The van der Waals surface area contributed by atoms with Crippen molar-refractivity contribution in [3.8, 4) is 5.75 Å². The minimum absolute atomic E-state index is 0.193. The van der Waals surface area contributed by atoms with Gasteiger partial charge in [0, 0.05) is 10.6 Å². The summed E-state index contributed by atoms with van der Waals surface area (Å²) < 4.78 is 5.36. The fourth-order valence-electron chi connectivity index (χ4n) is 1.53. The number of halogens is 4. The number of hydrogen-bond donors (Lipinski definition) is 0. The van der Waals surface area contributed by atoms with Gasteiger partial charge in [-0.1, -0.05) is 52.5 Å². The highest BCUT2D eigenvalue weighted by molar-refractivity contribution is 6.43. The standard InChI is InChI=1S/C14H8Cl4O2/c15-8-4-5-9(11(17)6-8)12(19)7-20-13-3-1-2-10(16)14(13)18/h1-6H,7H2. The molecule has 2 aromatic rings. The van der Waals surface area contributed by atoms with Crippen molar-refractivity contribution in [1.29, 1.82) is 0 Å². The molecule has 2 nitrogen and oxygen atoms in total. The Kier molecular flexibility index (Phi) is 5.17. The van der Waals surface area contributed by atoms with E-state index in [4.69, 9.17) is 51.1 Å². The number of ketones is 1. The molecule has 0 radical (unpaired) electrons. The summed E-state index contributed by atoms with van der Waals surface area (Å²) in [5.41, 5.74) is 0.342. The largest absolute Gasteiger partial charge is 0.484 e. The van der Waals surface area contributed by atoms with Gasteiger partial charge in [0.1, 0.15) is 10.8 Å². The van der Waals surface area contributed by atoms with Crippen LogP contribution in [0, 0.1) is 0 Å². The number of hydrogen-bond acceptors (Lipinski definition) is 2. The third-order valence-corrected chi connectivity index (χ3v) is 3.86. The minimum Gasteiger partial charge on any atom is -0.484 e. The van der Waals surface area contributed by atoms with Gasteiger partial charge < -0.3 is 4.74 Å². The second-order valence-electron chi connectivity index (χ2n) is 3.89. The smallest absolute Gasteiger partial charge is 0.201 e. The fraction of sp³-hybridized carbons (Fsp3) is 0.0714. The Labute approximate surface area is 136 Å². The summed E-state index contributed by atoms with van der Waals surface area (Å²) >= 11 is 23.5. The van der Waals surface area contributed by atoms with Crippen LogP contribution in [0.15, 0.2) is 36.4 Å². The van der Waals surface area contributed by atoms with Crippen molar-refractivity contribution in [2.24, 2.45) is 0 Å². The highest BCUT2D eigenvalue weighted by Gasteiger charge is 2.13. The molecular formula is C14H8Cl4O2. The predicted molar refractivity (Wildman–Crippen MR) is 82.7 cm³/mol. The lowest BCUT2D eigenvalue weighted by Crippen LogP contribution is -2.12. The van der Waals surface area contributed by atoms with Gasteiger partial charge in [0.25, 0.3) is 0 Å². The Morgan fingerprint density at radius 2 is 1.75 bits per heavy atom. The quantitative estimate of drug-likeness (QED) is 0.675. The number of benzene rings is 2. The zero-order chi connectivity index (χ0) is 14.7. The molecular weight excluding hydrogens is 342 g/mol. The summed E-state index contributed by atoms with van der Waals surface area (Å²) in [5.74, 6) is 0.0697. The normalized spacial score (nSPS) is 10.4. The minimum atomic E-state index is -0.275. The molecule has 0 N–H and O–H groups in total. The van der Waals surface area contributed by atoms with Gasteiger partial charge in [-0.2, -0.15) is 0 Å². The molecule has 20 heavy (non-hydrogen) atoms. The number of carbonyl (C=O) groups is 1. The van der Waals surface area contributed by atoms with Crippen LogP contribution in [0.5, 0.6) is 5.75 Å². The molecule has 0 heterocycles. The van der Waals surface area contributed by atoms with E-state index in [2.05, 4.69) is 0 Å². The maximum absolute atomic E-state index is 12.0. The highest BCUT2D eigenvalue weighted by atomic mass is 35.5. The molecule has 0 aromatic heterocycles. The van der Waals surface area contributed by atoms with Gasteiger partial charge >= 0.3 is 0 Å². The first kappa shape index (κ1) is 15.5. The van der Waals surface area contributed by atoms with E-state index in [-0.39, 0.29) is 22.4 Å². The summed E-state index contributed by atoms with van der Waals surface area (Å²) in [6.07, 6.45) is 0. The fourth-order valence-corrected chi connectivity index (χ4v) is 2.39. The molecule has 2 aromatic carbocycles. The van der Waals surface area contributed by atoms with Crippen LogP contribution >= 0.6 is 46.4 Å². The maximum Gasteiger partial charge on any atom is 0.201 e. The van der Waals surface area contributed by atoms with Gasteiger partial charge in [-0.15, -0.1) is 0 Å². The molecule has 0 spiro atoms.